The molecule has 1 saturated heterocycles. The quantitative estimate of drug-likeness (QED) is 0.398. The first-order valence-electron chi connectivity index (χ1n) is 10.4. The molecule has 33 heavy (non-hydrogen) atoms. The van der Waals surface area contributed by atoms with Gasteiger partial charge < -0.3 is 14.5 Å². The van der Waals surface area contributed by atoms with Crippen LogP contribution < -0.4 is 4.72 Å². The molecule has 0 radical (unpaired) electrons. The fraction of sp³-hybridized carbons (Fsp3) is 0.333. The number of amides is 1. The number of sulfonamides is 1. The molecule has 1 fully saturated rings. The predicted octanol–water partition coefficient (Wildman–Crippen LogP) is 2.17. The molecule has 3 aromatic rings. The van der Waals surface area contributed by atoms with Gasteiger partial charge >= 0.3 is 0 Å². The molecule has 4 N–H and O–H groups in total. The van der Waals surface area contributed by atoms with E-state index >= 15 is 0 Å². The number of aromatic amines is 1. The average Bonchev–Trinajstić information content (AvgIpc) is 3.44. The van der Waals surface area contributed by atoms with Gasteiger partial charge in [0.05, 0.1) is 16.4 Å². The van der Waals surface area contributed by atoms with Crippen molar-refractivity contribution in [2.75, 3.05) is 24.6 Å². The maximum atomic E-state index is 13.3. The maximum Gasteiger partial charge on any atom is 0.241 e. The first-order valence-corrected chi connectivity index (χ1v) is 13.7. The Morgan fingerprint density at radius 3 is 2.70 bits per heavy atom. The Labute approximate surface area is 193 Å². The number of aryl methyl sites for hydroxylation is 1. The molecule has 0 saturated carbocycles. The van der Waals surface area contributed by atoms with Crippen molar-refractivity contribution < 1.29 is 22.3 Å². The lowest BCUT2D eigenvalue weighted by molar-refractivity contribution is -0.132. The Morgan fingerprint density at radius 1 is 1.21 bits per heavy atom. The number of aromatic nitrogens is 2. The second-order valence-corrected chi connectivity index (χ2v) is 12.0. The van der Waals surface area contributed by atoms with Crippen LogP contribution in [0.5, 0.6) is 0 Å². The van der Waals surface area contributed by atoms with Crippen LogP contribution in [0.25, 0.3) is 10.9 Å². The van der Waals surface area contributed by atoms with Crippen molar-refractivity contribution in [3.63, 3.8) is 0 Å². The van der Waals surface area contributed by atoms with Gasteiger partial charge in [-0.2, -0.15) is 20.6 Å². The number of nitrogens with zero attached hydrogens (tertiary/aromatic N) is 3. The van der Waals surface area contributed by atoms with E-state index in [0.29, 0.717) is 16.6 Å². The highest BCUT2D eigenvalue weighted by Crippen LogP contribution is 2.40. The molecule has 0 bridgehead atoms. The van der Waals surface area contributed by atoms with Gasteiger partial charge in [0, 0.05) is 42.9 Å². The average molecular weight is 492 g/mol. The van der Waals surface area contributed by atoms with E-state index in [0.717, 1.165) is 0 Å². The van der Waals surface area contributed by atoms with E-state index in [2.05, 4.69) is 15.8 Å². The lowest BCUT2D eigenvalue weighted by atomic mass is 10.2. The zero-order valence-corrected chi connectivity index (χ0v) is 19.3. The van der Waals surface area contributed by atoms with Crippen molar-refractivity contribution >= 4 is 37.4 Å². The zero-order valence-electron chi connectivity index (χ0n) is 17.7. The molecule has 4 rings (SSSR count). The van der Waals surface area contributed by atoms with Gasteiger partial charge in [-0.25, -0.2) is 8.42 Å². The lowest BCUT2D eigenvalue weighted by Gasteiger charge is -2.41. The maximum absolute atomic E-state index is 13.3. The highest BCUT2D eigenvalue weighted by Gasteiger charge is 2.33. The lowest BCUT2D eigenvalue weighted by Crippen LogP contribution is -2.52. The largest absolute Gasteiger partial charge is 0.361 e. The summed E-state index contributed by atoms with van der Waals surface area (Å²) in [6.45, 7) is 0.533. The predicted molar refractivity (Wildman–Crippen MR) is 125 cm³/mol. The van der Waals surface area contributed by atoms with E-state index in [9.17, 15) is 27.6 Å². The molecule has 1 atom stereocenters. The Morgan fingerprint density at radius 2 is 1.97 bits per heavy atom. The molecule has 1 amide bonds. The molecule has 1 aliphatic rings. The van der Waals surface area contributed by atoms with Crippen LogP contribution in [0, 0.1) is 11.3 Å². The molecule has 3 heterocycles. The van der Waals surface area contributed by atoms with E-state index < -0.39 is 32.6 Å². The van der Waals surface area contributed by atoms with Gasteiger partial charge in [-0.3, -0.25) is 13.9 Å². The van der Waals surface area contributed by atoms with Crippen molar-refractivity contribution in [3.8, 4) is 6.07 Å². The Balaban J connectivity index is 1.59. The van der Waals surface area contributed by atoms with Gasteiger partial charge in [-0.1, -0.05) is 6.07 Å². The second kappa shape index (κ2) is 9.20. The molecule has 12 heteroatoms. The van der Waals surface area contributed by atoms with Crippen LogP contribution in [0.4, 0.5) is 0 Å². The number of fused-ring (bicyclic) bond motifs is 1. The smallest absolute Gasteiger partial charge is 0.241 e. The number of carbonyl (C=O) groups excluding carboxylic acids is 1. The summed E-state index contributed by atoms with van der Waals surface area (Å²) in [4.78, 5) is 17.8. The zero-order chi connectivity index (χ0) is 23.6. The number of nitrogens with one attached hydrogen (secondary N) is 2. The van der Waals surface area contributed by atoms with Crippen molar-refractivity contribution in [1.82, 2.24) is 19.2 Å². The Hall–Kier alpha value is -2.82. The van der Waals surface area contributed by atoms with Crippen LogP contribution in [0.2, 0.25) is 0 Å². The van der Waals surface area contributed by atoms with Gasteiger partial charge in [0.1, 0.15) is 17.8 Å². The second-order valence-electron chi connectivity index (χ2n) is 7.89. The summed E-state index contributed by atoms with van der Waals surface area (Å²) in [7, 11) is -6.76. The standard InChI is InChI=1S/C21H25N5O5S2/c22-15-16-3-2-9-25(16)10-7-19(21(27)26-11-13-32(28,29)14-12-26)24-33(30,31)20-5-1-4-18-17(20)6-8-23-18/h1-6,8-9,19,23-24,28-29H,7,10-14H2. The first-order chi connectivity index (χ1) is 15.7. The molecule has 0 spiro atoms. The van der Waals surface area contributed by atoms with Crippen molar-refractivity contribution in [3.05, 3.63) is 54.5 Å². The third kappa shape index (κ3) is 5.07. The van der Waals surface area contributed by atoms with E-state index in [1.165, 1.54) is 11.0 Å². The molecule has 1 aromatic carbocycles. The third-order valence-electron chi connectivity index (χ3n) is 5.73. The Kier molecular flexibility index (Phi) is 6.51. The first kappa shape index (κ1) is 23.3. The van der Waals surface area contributed by atoms with E-state index in [-0.39, 0.29) is 42.5 Å². The van der Waals surface area contributed by atoms with Gasteiger partial charge in [0.15, 0.2) is 0 Å². The number of benzene rings is 1. The van der Waals surface area contributed by atoms with Gasteiger partial charge in [0.25, 0.3) is 0 Å². The van der Waals surface area contributed by atoms with Gasteiger partial charge in [-0.05, 0) is 36.8 Å². The van der Waals surface area contributed by atoms with Crippen LogP contribution in [-0.4, -0.2) is 68.5 Å². The van der Waals surface area contributed by atoms with Crippen molar-refractivity contribution in [2.24, 2.45) is 0 Å². The molecule has 176 valence electrons. The highest BCUT2D eigenvalue weighted by atomic mass is 32.3. The van der Waals surface area contributed by atoms with E-state index in [4.69, 9.17) is 0 Å². The number of nitriles is 1. The number of carbonyl (C=O) groups is 1. The molecule has 10 nitrogen and oxygen atoms in total. The fourth-order valence-corrected chi connectivity index (χ4v) is 6.60. The molecule has 1 unspecified atom stereocenters. The highest BCUT2D eigenvalue weighted by molar-refractivity contribution is 8.24. The van der Waals surface area contributed by atoms with Gasteiger partial charge in [-0.15, -0.1) is 0 Å². The summed E-state index contributed by atoms with van der Waals surface area (Å²) in [5.74, 6) is -0.297. The van der Waals surface area contributed by atoms with E-state index in [1.54, 1.807) is 47.3 Å². The van der Waals surface area contributed by atoms with Gasteiger partial charge in [0.2, 0.25) is 15.9 Å². The topological polar surface area (TPSA) is 151 Å². The van der Waals surface area contributed by atoms with Crippen molar-refractivity contribution in [1.29, 1.82) is 5.26 Å². The normalized spacial score (nSPS) is 18.0. The minimum absolute atomic E-state index is 0.0607. The number of hydrogen-bond donors (Lipinski definition) is 4. The summed E-state index contributed by atoms with van der Waals surface area (Å²) in [5.41, 5.74) is 1.07. The molecule has 0 aliphatic carbocycles. The minimum Gasteiger partial charge on any atom is -0.361 e. The number of rotatable bonds is 7. The van der Waals surface area contributed by atoms with Crippen LogP contribution in [0.15, 0.2) is 53.7 Å². The summed E-state index contributed by atoms with van der Waals surface area (Å²) < 4.78 is 50.6. The molecule has 1 aliphatic heterocycles. The summed E-state index contributed by atoms with van der Waals surface area (Å²) in [6, 6.07) is 10.9. The third-order valence-corrected chi connectivity index (χ3v) is 8.93. The summed E-state index contributed by atoms with van der Waals surface area (Å²) in [6.07, 6.45) is 3.47. The summed E-state index contributed by atoms with van der Waals surface area (Å²) >= 11 is 0. The van der Waals surface area contributed by atoms with Crippen LogP contribution in [0.1, 0.15) is 12.1 Å². The SMILES string of the molecule is N#Cc1cccn1CCC(NS(=O)(=O)c1cccc2[nH]ccc12)C(=O)N1CCS(O)(O)CC1. The van der Waals surface area contributed by atoms with Crippen molar-refractivity contribution in [2.45, 2.75) is 23.9 Å². The number of hydrogen-bond acceptors (Lipinski definition) is 6. The molecular weight excluding hydrogens is 466 g/mol. The Bertz CT molecular complexity index is 1300. The molecule has 2 aromatic heterocycles. The fourth-order valence-electron chi connectivity index (χ4n) is 3.92. The minimum atomic E-state index is -4.05. The van der Waals surface area contributed by atoms with E-state index in [1.807, 2.05) is 0 Å². The van der Waals surface area contributed by atoms with Crippen LogP contribution in [0.3, 0.4) is 0 Å². The number of H-pyrrole nitrogens is 1. The summed E-state index contributed by atoms with van der Waals surface area (Å²) in [5, 5.41) is 9.76. The van der Waals surface area contributed by atoms with Crippen LogP contribution >= 0.6 is 10.6 Å². The molecular formula is C21H25N5O5S2. The monoisotopic (exact) mass is 491 g/mol. The van der Waals surface area contributed by atoms with Crippen LogP contribution in [-0.2, 0) is 21.4 Å².